The van der Waals surface area contributed by atoms with Crippen LogP contribution in [0.15, 0.2) is 28.7 Å². The number of rotatable bonds is 3. The first kappa shape index (κ1) is 15.6. The van der Waals surface area contributed by atoms with Crippen LogP contribution in [0.5, 0.6) is 0 Å². The van der Waals surface area contributed by atoms with E-state index in [4.69, 9.17) is 4.42 Å². The van der Waals surface area contributed by atoms with Crippen LogP contribution in [0.3, 0.4) is 0 Å². The normalized spacial score (nSPS) is 13.5. The molecule has 0 aliphatic heterocycles. The van der Waals surface area contributed by atoms with Crippen LogP contribution in [-0.2, 0) is 6.18 Å². The predicted molar refractivity (Wildman–Crippen MR) is 75.3 cm³/mol. The van der Waals surface area contributed by atoms with Gasteiger partial charge in [-0.3, -0.25) is 0 Å². The van der Waals surface area contributed by atoms with Crippen LogP contribution in [0.4, 0.5) is 13.2 Å². The van der Waals surface area contributed by atoms with Gasteiger partial charge in [0.2, 0.25) is 0 Å². The van der Waals surface area contributed by atoms with Gasteiger partial charge in [0.25, 0.3) is 0 Å². The van der Waals surface area contributed by atoms with E-state index < -0.39 is 11.7 Å². The first-order valence-electron chi connectivity index (χ1n) is 6.66. The van der Waals surface area contributed by atoms with Crippen molar-refractivity contribution >= 4 is 0 Å². The van der Waals surface area contributed by atoms with Gasteiger partial charge in [0.15, 0.2) is 0 Å². The SMILES string of the molecule is CNC(c1cccc(C(F)(F)F)c1)c1c(C)oc(C)c1C. The average molecular weight is 297 g/mol. The summed E-state index contributed by atoms with van der Waals surface area (Å²) in [5, 5.41) is 3.08. The van der Waals surface area contributed by atoms with Crippen molar-refractivity contribution < 1.29 is 17.6 Å². The molecule has 5 heteroatoms. The molecule has 21 heavy (non-hydrogen) atoms. The lowest BCUT2D eigenvalue weighted by Gasteiger charge is -2.19. The van der Waals surface area contributed by atoms with Crippen molar-refractivity contribution in [2.45, 2.75) is 33.0 Å². The number of hydrogen-bond acceptors (Lipinski definition) is 2. The lowest BCUT2D eigenvalue weighted by Crippen LogP contribution is -2.19. The number of alkyl halides is 3. The van der Waals surface area contributed by atoms with Crippen molar-refractivity contribution in [1.82, 2.24) is 5.32 Å². The van der Waals surface area contributed by atoms with Crippen LogP contribution in [0.25, 0.3) is 0 Å². The van der Waals surface area contributed by atoms with Crippen molar-refractivity contribution in [3.63, 3.8) is 0 Å². The van der Waals surface area contributed by atoms with Crippen LogP contribution >= 0.6 is 0 Å². The van der Waals surface area contributed by atoms with E-state index in [-0.39, 0.29) is 6.04 Å². The third-order valence-corrected chi connectivity index (χ3v) is 3.74. The van der Waals surface area contributed by atoms with E-state index in [1.165, 1.54) is 12.1 Å². The Hall–Kier alpha value is -1.75. The summed E-state index contributed by atoms with van der Waals surface area (Å²) in [4.78, 5) is 0. The van der Waals surface area contributed by atoms with Gasteiger partial charge in [0.05, 0.1) is 11.6 Å². The van der Waals surface area contributed by atoms with Crippen LogP contribution in [0, 0.1) is 20.8 Å². The van der Waals surface area contributed by atoms with Crippen molar-refractivity contribution in [1.29, 1.82) is 0 Å². The molecular weight excluding hydrogens is 279 g/mol. The molecule has 0 aliphatic carbocycles. The van der Waals surface area contributed by atoms with E-state index in [2.05, 4.69) is 5.32 Å². The fraction of sp³-hybridized carbons (Fsp3) is 0.375. The summed E-state index contributed by atoms with van der Waals surface area (Å²) in [7, 11) is 1.73. The second kappa shape index (κ2) is 5.56. The maximum Gasteiger partial charge on any atom is 0.416 e. The van der Waals surface area contributed by atoms with Gasteiger partial charge in [-0.2, -0.15) is 13.2 Å². The average Bonchev–Trinajstić information content (AvgIpc) is 2.66. The largest absolute Gasteiger partial charge is 0.466 e. The maximum atomic E-state index is 12.9. The molecule has 2 rings (SSSR count). The molecule has 0 fully saturated rings. The lowest BCUT2D eigenvalue weighted by molar-refractivity contribution is -0.137. The van der Waals surface area contributed by atoms with Gasteiger partial charge in [-0.15, -0.1) is 0 Å². The molecule has 0 saturated heterocycles. The summed E-state index contributed by atoms with van der Waals surface area (Å²) in [6.07, 6.45) is -4.34. The molecule has 2 aromatic rings. The smallest absolute Gasteiger partial charge is 0.416 e. The molecule has 114 valence electrons. The van der Waals surface area contributed by atoms with E-state index in [1.54, 1.807) is 13.1 Å². The topological polar surface area (TPSA) is 25.2 Å². The molecule has 1 unspecified atom stereocenters. The Balaban J connectivity index is 2.52. The Bertz CT molecular complexity index is 643. The minimum absolute atomic E-state index is 0.329. The highest BCUT2D eigenvalue weighted by molar-refractivity contribution is 5.41. The standard InChI is InChI=1S/C16H18F3NO/c1-9-10(2)21-11(3)14(9)15(20-4)12-6-5-7-13(8-12)16(17,18)19/h5-8,15,20H,1-4H3. The number of furan rings is 1. The van der Waals surface area contributed by atoms with E-state index >= 15 is 0 Å². The number of benzene rings is 1. The van der Waals surface area contributed by atoms with Gasteiger partial charge < -0.3 is 9.73 Å². The molecule has 0 amide bonds. The van der Waals surface area contributed by atoms with Gasteiger partial charge in [0, 0.05) is 5.56 Å². The quantitative estimate of drug-likeness (QED) is 0.900. The minimum atomic E-state index is -4.34. The molecule has 1 N–H and O–H groups in total. The molecule has 0 radical (unpaired) electrons. The fourth-order valence-corrected chi connectivity index (χ4v) is 2.61. The lowest BCUT2D eigenvalue weighted by atomic mass is 9.94. The van der Waals surface area contributed by atoms with Crippen LogP contribution in [0.2, 0.25) is 0 Å². The zero-order valence-corrected chi connectivity index (χ0v) is 12.4. The van der Waals surface area contributed by atoms with Crippen LogP contribution in [-0.4, -0.2) is 7.05 Å². The summed E-state index contributed by atoms with van der Waals surface area (Å²) in [5.41, 5.74) is 1.79. The monoisotopic (exact) mass is 297 g/mol. The van der Waals surface area contributed by atoms with Crippen molar-refractivity contribution in [2.24, 2.45) is 0 Å². The highest BCUT2D eigenvalue weighted by Crippen LogP contribution is 2.35. The highest BCUT2D eigenvalue weighted by Gasteiger charge is 2.31. The molecule has 1 atom stereocenters. The van der Waals surface area contributed by atoms with Crippen LogP contribution in [0.1, 0.15) is 39.8 Å². The number of halogens is 3. The highest BCUT2D eigenvalue weighted by atomic mass is 19.4. The molecule has 1 aromatic carbocycles. The first-order chi connectivity index (χ1) is 9.75. The Morgan fingerprint density at radius 2 is 1.76 bits per heavy atom. The summed E-state index contributed by atoms with van der Waals surface area (Å²) in [5.74, 6) is 1.51. The minimum Gasteiger partial charge on any atom is -0.466 e. The third-order valence-electron chi connectivity index (χ3n) is 3.74. The molecular formula is C16H18F3NO. The van der Waals surface area contributed by atoms with Crippen molar-refractivity contribution in [3.8, 4) is 0 Å². The zero-order chi connectivity index (χ0) is 15.8. The van der Waals surface area contributed by atoms with E-state index in [0.29, 0.717) is 5.56 Å². The summed E-state index contributed by atoms with van der Waals surface area (Å²) in [6, 6.07) is 5.06. The molecule has 1 heterocycles. The van der Waals surface area contributed by atoms with Gasteiger partial charge >= 0.3 is 6.18 Å². The molecule has 2 nitrogen and oxygen atoms in total. The second-order valence-electron chi connectivity index (χ2n) is 5.10. The van der Waals surface area contributed by atoms with E-state index in [0.717, 1.165) is 28.7 Å². The third kappa shape index (κ3) is 2.97. The summed E-state index contributed by atoms with van der Waals surface area (Å²) in [6.45, 7) is 5.59. The predicted octanol–water partition coefficient (Wildman–Crippen LogP) is 4.53. The van der Waals surface area contributed by atoms with Crippen molar-refractivity contribution in [3.05, 3.63) is 58.0 Å². The fourth-order valence-electron chi connectivity index (χ4n) is 2.61. The van der Waals surface area contributed by atoms with Gasteiger partial charge in [-0.25, -0.2) is 0 Å². The van der Waals surface area contributed by atoms with Gasteiger partial charge in [0.1, 0.15) is 11.5 Å². The molecule has 0 saturated carbocycles. The summed E-state index contributed by atoms with van der Waals surface area (Å²) < 4.78 is 44.2. The second-order valence-corrected chi connectivity index (χ2v) is 5.10. The molecule has 1 aromatic heterocycles. The van der Waals surface area contributed by atoms with Gasteiger partial charge in [-0.1, -0.05) is 12.1 Å². The van der Waals surface area contributed by atoms with Crippen molar-refractivity contribution in [2.75, 3.05) is 7.05 Å². The van der Waals surface area contributed by atoms with Gasteiger partial charge in [-0.05, 0) is 51.1 Å². The van der Waals surface area contributed by atoms with E-state index in [9.17, 15) is 13.2 Å². The zero-order valence-electron chi connectivity index (χ0n) is 12.4. The Kier molecular flexibility index (Phi) is 4.14. The van der Waals surface area contributed by atoms with E-state index in [1.807, 2.05) is 20.8 Å². The maximum absolute atomic E-state index is 12.9. The Labute approximate surface area is 122 Å². The molecule has 0 spiro atoms. The summed E-state index contributed by atoms with van der Waals surface area (Å²) >= 11 is 0. The molecule has 0 aliphatic rings. The number of aryl methyl sites for hydroxylation is 2. The van der Waals surface area contributed by atoms with Crippen LogP contribution < -0.4 is 5.32 Å². The Morgan fingerprint density at radius 1 is 1.10 bits per heavy atom. The number of hydrogen-bond donors (Lipinski definition) is 1. The molecule has 0 bridgehead atoms. The Morgan fingerprint density at radius 3 is 2.24 bits per heavy atom. The number of nitrogens with one attached hydrogen (secondary N) is 1. The first-order valence-corrected chi connectivity index (χ1v) is 6.66.